The fourth-order valence-corrected chi connectivity index (χ4v) is 5.34. The number of rotatable bonds is 15. The first-order valence-corrected chi connectivity index (χ1v) is 17.2. The molecule has 18 nitrogen and oxygen atoms in total. The van der Waals surface area contributed by atoms with Crippen molar-refractivity contribution >= 4 is 92.7 Å². The smallest absolute Gasteiger partial charge is 0.337 e. The number of benzene rings is 4. The van der Waals surface area contributed by atoms with E-state index in [2.05, 4.69) is 42.3 Å². The summed E-state index contributed by atoms with van der Waals surface area (Å²) in [4.78, 5) is 97.5. The third-order valence-corrected chi connectivity index (χ3v) is 8.10. The van der Waals surface area contributed by atoms with Crippen molar-refractivity contribution in [1.82, 2.24) is 0 Å². The Balaban J connectivity index is 1.48. The van der Waals surface area contributed by atoms with E-state index < -0.39 is 58.6 Å². The lowest BCUT2D eigenvalue weighted by molar-refractivity contribution is -0.116. The van der Waals surface area contributed by atoms with Gasteiger partial charge in [-0.2, -0.15) is 10.2 Å². The molecule has 0 atom stereocenters. The summed E-state index contributed by atoms with van der Waals surface area (Å²) >= 11 is 0. The molecular formula is C40H38N8O10. The van der Waals surface area contributed by atoms with Crippen LogP contribution in [0.4, 0.5) is 34.1 Å². The molecule has 4 aromatic carbocycles. The molecule has 4 aromatic rings. The summed E-state index contributed by atoms with van der Waals surface area (Å²) in [5.41, 5.74) is 7.13. The van der Waals surface area contributed by atoms with Crippen LogP contribution in [0.3, 0.4) is 0 Å². The zero-order valence-corrected chi connectivity index (χ0v) is 32.0. The number of nitrogens with zero attached hydrogens (tertiary/aromatic N) is 2. The van der Waals surface area contributed by atoms with Crippen LogP contribution in [0.1, 0.15) is 59.5 Å². The van der Waals surface area contributed by atoms with Crippen LogP contribution in [0.2, 0.25) is 0 Å². The minimum Gasteiger partial charge on any atom is -0.478 e. The van der Waals surface area contributed by atoms with Crippen LogP contribution < -0.4 is 32.1 Å². The molecule has 58 heavy (non-hydrogen) atoms. The summed E-state index contributed by atoms with van der Waals surface area (Å²) in [5, 5.41) is 37.3. The van der Waals surface area contributed by atoms with Crippen molar-refractivity contribution in [2.75, 3.05) is 32.1 Å². The highest BCUT2D eigenvalue weighted by Gasteiger charge is 2.21. The van der Waals surface area contributed by atoms with Crippen LogP contribution in [-0.2, 0) is 28.8 Å². The Hall–Kier alpha value is -8.02. The maximum absolute atomic E-state index is 13.2. The Morgan fingerprint density at radius 2 is 0.810 bits per heavy atom. The molecule has 0 heterocycles. The monoisotopic (exact) mass is 790 g/mol. The Morgan fingerprint density at radius 1 is 0.466 bits per heavy atom. The number of carbonyl (C=O) groups is 8. The number of anilines is 6. The van der Waals surface area contributed by atoms with Crippen LogP contribution in [0.15, 0.2) is 83.0 Å². The first kappa shape index (κ1) is 42.7. The highest BCUT2D eigenvalue weighted by Crippen LogP contribution is 2.29. The van der Waals surface area contributed by atoms with Crippen LogP contribution in [0, 0.1) is 13.8 Å². The number of aryl methyl sites for hydroxylation is 2. The maximum Gasteiger partial charge on any atom is 0.337 e. The normalized spacial score (nSPS) is 11.1. The van der Waals surface area contributed by atoms with E-state index in [1.54, 1.807) is 50.2 Å². The SMILES string of the molecule is CC(=O)Nc1ccc(N/N=C(\C(C)=O)C(=O)Nc2ccc(-c3ccc(NC(=O)/C(=N/Nc4ccc(NC(C)=O)cc4C(=O)O)C(C)=O)c(C)c3)cc2C)c(C(=O)O)c1. The van der Waals surface area contributed by atoms with Crippen molar-refractivity contribution in [3.8, 4) is 11.1 Å². The average molecular weight is 791 g/mol. The molecule has 8 N–H and O–H groups in total. The number of ketones is 2. The molecule has 4 amide bonds. The summed E-state index contributed by atoms with van der Waals surface area (Å²) in [6, 6.07) is 18.1. The molecule has 4 rings (SSSR count). The fraction of sp³-hybridized carbons (Fsp3) is 0.150. The van der Waals surface area contributed by atoms with Crippen molar-refractivity contribution in [1.29, 1.82) is 0 Å². The molecule has 0 saturated heterocycles. The van der Waals surface area contributed by atoms with E-state index in [1.165, 1.54) is 50.2 Å². The Morgan fingerprint density at radius 3 is 1.10 bits per heavy atom. The molecule has 0 aliphatic carbocycles. The minimum absolute atomic E-state index is 0.0294. The molecule has 0 aliphatic rings. The highest BCUT2D eigenvalue weighted by atomic mass is 16.4. The van der Waals surface area contributed by atoms with Crippen LogP contribution in [0.5, 0.6) is 0 Å². The van der Waals surface area contributed by atoms with Gasteiger partial charge in [-0.05, 0) is 96.8 Å². The molecule has 0 radical (unpaired) electrons. The van der Waals surface area contributed by atoms with E-state index >= 15 is 0 Å². The lowest BCUT2D eigenvalue weighted by Crippen LogP contribution is -2.30. The maximum atomic E-state index is 13.2. The number of aromatic carboxylic acids is 2. The second-order valence-corrected chi connectivity index (χ2v) is 12.7. The van der Waals surface area contributed by atoms with E-state index in [0.717, 1.165) is 25.0 Å². The number of hydrogen-bond donors (Lipinski definition) is 8. The predicted molar refractivity (Wildman–Crippen MR) is 217 cm³/mol. The van der Waals surface area contributed by atoms with Gasteiger partial charge in [0.05, 0.1) is 22.5 Å². The summed E-state index contributed by atoms with van der Waals surface area (Å²) in [6.07, 6.45) is 0. The summed E-state index contributed by atoms with van der Waals surface area (Å²) in [7, 11) is 0. The molecule has 0 aromatic heterocycles. The van der Waals surface area contributed by atoms with Gasteiger partial charge in [0, 0.05) is 50.4 Å². The van der Waals surface area contributed by atoms with E-state index in [-0.39, 0.29) is 33.9 Å². The van der Waals surface area contributed by atoms with Gasteiger partial charge in [0.2, 0.25) is 11.8 Å². The fourth-order valence-electron chi connectivity index (χ4n) is 5.34. The number of carboxylic acid groups (broad SMARTS) is 2. The first-order valence-electron chi connectivity index (χ1n) is 17.2. The predicted octanol–water partition coefficient (Wildman–Crippen LogP) is 5.27. The van der Waals surface area contributed by atoms with Gasteiger partial charge in [-0.1, -0.05) is 12.1 Å². The third kappa shape index (κ3) is 11.0. The van der Waals surface area contributed by atoms with Crippen molar-refractivity contribution in [2.45, 2.75) is 41.5 Å². The summed E-state index contributed by atoms with van der Waals surface area (Å²) in [5.74, 6) is -6.60. The number of Topliss-reactive ketones (excluding diaryl/α,β-unsaturated/α-hetero) is 2. The van der Waals surface area contributed by atoms with E-state index in [9.17, 15) is 48.6 Å². The summed E-state index contributed by atoms with van der Waals surface area (Å²) in [6.45, 7) is 8.24. The number of nitrogens with one attached hydrogen (secondary N) is 6. The van der Waals surface area contributed by atoms with Gasteiger partial charge in [-0.3, -0.25) is 39.6 Å². The quantitative estimate of drug-likeness (QED) is 0.0434. The first-order chi connectivity index (χ1) is 27.3. The second-order valence-electron chi connectivity index (χ2n) is 12.7. The number of hydrazone groups is 2. The lowest BCUT2D eigenvalue weighted by atomic mass is 9.99. The van der Waals surface area contributed by atoms with Gasteiger partial charge >= 0.3 is 11.9 Å². The number of hydrogen-bond acceptors (Lipinski definition) is 12. The molecule has 18 heteroatoms. The zero-order valence-electron chi connectivity index (χ0n) is 32.0. The molecule has 0 unspecified atom stereocenters. The Kier molecular flexibility index (Phi) is 13.7. The van der Waals surface area contributed by atoms with Gasteiger partial charge in [0.1, 0.15) is 0 Å². The van der Waals surface area contributed by atoms with Gasteiger partial charge in [0.25, 0.3) is 11.8 Å². The molecule has 0 bridgehead atoms. The number of carboxylic acids is 2. The largest absolute Gasteiger partial charge is 0.478 e. The van der Waals surface area contributed by atoms with Crippen molar-refractivity contribution < 1.29 is 48.6 Å². The number of carbonyl (C=O) groups excluding carboxylic acids is 6. The molecule has 0 aliphatic heterocycles. The molecule has 298 valence electrons. The van der Waals surface area contributed by atoms with Crippen LogP contribution >= 0.6 is 0 Å². The molecule has 0 fully saturated rings. The third-order valence-electron chi connectivity index (χ3n) is 8.10. The second kappa shape index (κ2) is 18.5. The molecular weight excluding hydrogens is 752 g/mol. The lowest BCUT2D eigenvalue weighted by Gasteiger charge is -2.14. The topological polar surface area (TPSA) is 274 Å². The van der Waals surface area contributed by atoms with Gasteiger partial charge in [0.15, 0.2) is 23.0 Å². The van der Waals surface area contributed by atoms with Crippen molar-refractivity contribution in [3.05, 3.63) is 95.1 Å². The van der Waals surface area contributed by atoms with Gasteiger partial charge in [-0.25, -0.2) is 9.59 Å². The van der Waals surface area contributed by atoms with Crippen LogP contribution in [0.25, 0.3) is 11.1 Å². The molecule has 0 saturated carbocycles. The summed E-state index contributed by atoms with van der Waals surface area (Å²) < 4.78 is 0. The van der Waals surface area contributed by atoms with E-state index in [1.807, 2.05) is 0 Å². The molecule has 0 spiro atoms. The zero-order chi connectivity index (χ0) is 42.8. The van der Waals surface area contributed by atoms with Gasteiger partial charge in [-0.15, -0.1) is 0 Å². The standard InChI is InChI=1S/C40H38N8O10/c1-19-15-25(7-11-31(19)43-37(53)35(21(3)49)47-45-33-13-9-27(41-23(5)51)17-29(33)39(55)56)26-8-12-32(20(2)16-26)44-38(54)36(22(4)50)48-46-34-14-10-28(42-24(6)52)18-30(34)40(57)58/h7-18,45-46H,1-6H3,(H,41,51)(H,42,52)(H,43,53)(H,44,54)(H,55,56)(H,57,58)/b47-35+,48-36+. The van der Waals surface area contributed by atoms with Crippen molar-refractivity contribution in [2.24, 2.45) is 10.2 Å². The van der Waals surface area contributed by atoms with Gasteiger partial charge < -0.3 is 31.5 Å². The van der Waals surface area contributed by atoms with Crippen molar-refractivity contribution in [3.63, 3.8) is 0 Å². The van der Waals surface area contributed by atoms with E-state index in [4.69, 9.17) is 0 Å². The van der Waals surface area contributed by atoms with E-state index in [0.29, 0.717) is 22.5 Å². The highest BCUT2D eigenvalue weighted by molar-refractivity contribution is 6.67. The Labute approximate surface area is 330 Å². The Bertz CT molecular complexity index is 2290. The van der Waals surface area contributed by atoms with Crippen LogP contribution in [-0.4, -0.2) is 68.8 Å². The minimum atomic E-state index is -1.34. The average Bonchev–Trinajstić information content (AvgIpc) is 3.13. The number of amides is 4.